The van der Waals surface area contributed by atoms with Crippen LogP contribution < -0.4 is 5.32 Å². The van der Waals surface area contributed by atoms with Crippen LogP contribution in [0.2, 0.25) is 0 Å². The molecule has 0 saturated carbocycles. The van der Waals surface area contributed by atoms with Crippen molar-refractivity contribution in [3.8, 4) is 0 Å². The molecule has 3 nitrogen and oxygen atoms in total. The molecule has 0 bridgehead atoms. The van der Waals surface area contributed by atoms with E-state index in [-0.39, 0.29) is 16.7 Å². The largest absolute Gasteiger partial charge is 0.311 e. The van der Waals surface area contributed by atoms with E-state index in [0.717, 1.165) is 0 Å². The molecule has 14 heavy (non-hydrogen) atoms. The quantitative estimate of drug-likeness (QED) is 0.781. The molecule has 4 heteroatoms. The molecule has 0 amide bonds. The Morgan fingerprint density at radius 2 is 1.64 bits per heavy atom. The maximum Gasteiger partial charge on any atom is 0.151 e. The van der Waals surface area contributed by atoms with E-state index in [2.05, 4.69) is 5.32 Å². The zero-order valence-corrected chi connectivity index (χ0v) is 10.9. The molecular weight excluding hydrogens is 198 g/mol. The summed E-state index contributed by atoms with van der Waals surface area (Å²) in [4.78, 5) is 0. The lowest BCUT2D eigenvalue weighted by atomic mass is 10.1. The zero-order valence-electron chi connectivity index (χ0n) is 10.1. The first-order valence-electron chi connectivity index (χ1n) is 4.98. The summed E-state index contributed by atoms with van der Waals surface area (Å²) in [6.07, 6.45) is 1.31. The molecule has 0 aromatic heterocycles. The van der Waals surface area contributed by atoms with Gasteiger partial charge in [0.25, 0.3) is 0 Å². The second-order valence-corrected chi connectivity index (χ2v) is 7.51. The van der Waals surface area contributed by atoms with Gasteiger partial charge in [0.05, 0.1) is 5.25 Å². The highest BCUT2D eigenvalue weighted by Crippen LogP contribution is 2.11. The van der Waals surface area contributed by atoms with E-state index < -0.39 is 9.84 Å². The van der Waals surface area contributed by atoms with Gasteiger partial charge >= 0.3 is 0 Å². The van der Waals surface area contributed by atoms with Crippen molar-refractivity contribution in [2.75, 3.05) is 12.8 Å². The zero-order chi connectivity index (χ0) is 11.6. The van der Waals surface area contributed by atoms with Crippen molar-refractivity contribution < 1.29 is 8.42 Å². The maximum atomic E-state index is 11.4. The Labute approximate surface area is 88.2 Å². The van der Waals surface area contributed by atoms with Crippen molar-refractivity contribution in [2.24, 2.45) is 5.92 Å². The SMILES string of the molecule is CC(C)C(CNC(C)(C)C)S(C)(=O)=O. The smallest absolute Gasteiger partial charge is 0.151 e. The molecule has 0 spiro atoms. The number of hydrogen-bond donors (Lipinski definition) is 1. The van der Waals surface area contributed by atoms with E-state index in [1.165, 1.54) is 6.26 Å². The summed E-state index contributed by atoms with van der Waals surface area (Å²) in [7, 11) is -2.95. The van der Waals surface area contributed by atoms with Gasteiger partial charge in [0, 0.05) is 18.3 Å². The number of sulfone groups is 1. The van der Waals surface area contributed by atoms with Crippen LogP contribution in [0.4, 0.5) is 0 Å². The minimum absolute atomic E-state index is 0.0299. The lowest BCUT2D eigenvalue weighted by Crippen LogP contribution is -2.44. The van der Waals surface area contributed by atoms with E-state index in [0.29, 0.717) is 6.54 Å². The van der Waals surface area contributed by atoms with Crippen LogP contribution in [0.1, 0.15) is 34.6 Å². The molecule has 0 fully saturated rings. The predicted octanol–water partition coefficient (Wildman–Crippen LogP) is 1.44. The predicted molar refractivity (Wildman–Crippen MR) is 61.2 cm³/mol. The van der Waals surface area contributed by atoms with E-state index in [1.807, 2.05) is 34.6 Å². The highest BCUT2D eigenvalue weighted by Gasteiger charge is 2.25. The summed E-state index contributed by atoms with van der Waals surface area (Å²) in [5, 5.41) is 2.94. The van der Waals surface area contributed by atoms with Crippen LogP contribution in [0, 0.1) is 5.92 Å². The van der Waals surface area contributed by atoms with Gasteiger partial charge < -0.3 is 5.32 Å². The van der Waals surface area contributed by atoms with Crippen LogP contribution in [0.3, 0.4) is 0 Å². The lowest BCUT2D eigenvalue weighted by molar-refractivity contribution is 0.400. The molecule has 1 N–H and O–H groups in total. The van der Waals surface area contributed by atoms with E-state index in [1.54, 1.807) is 0 Å². The molecule has 0 aromatic carbocycles. The molecule has 0 heterocycles. The number of hydrogen-bond acceptors (Lipinski definition) is 3. The Bertz CT molecular complexity index is 262. The van der Waals surface area contributed by atoms with Gasteiger partial charge in [-0.3, -0.25) is 0 Å². The van der Waals surface area contributed by atoms with Crippen LogP contribution in [0.15, 0.2) is 0 Å². The van der Waals surface area contributed by atoms with Crippen LogP contribution in [-0.2, 0) is 9.84 Å². The molecule has 0 aliphatic rings. The van der Waals surface area contributed by atoms with Crippen LogP contribution in [0.5, 0.6) is 0 Å². The lowest BCUT2D eigenvalue weighted by Gasteiger charge is -2.26. The second-order valence-electron chi connectivity index (χ2n) is 5.24. The minimum atomic E-state index is -2.95. The molecule has 86 valence electrons. The Balaban J connectivity index is 4.43. The van der Waals surface area contributed by atoms with Crippen molar-refractivity contribution >= 4 is 9.84 Å². The maximum absolute atomic E-state index is 11.4. The summed E-state index contributed by atoms with van der Waals surface area (Å²) >= 11 is 0. The number of nitrogens with one attached hydrogen (secondary N) is 1. The van der Waals surface area contributed by atoms with Crippen molar-refractivity contribution in [3.63, 3.8) is 0 Å². The monoisotopic (exact) mass is 221 g/mol. The average molecular weight is 221 g/mol. The fraction of sp³-hybridized carbons (Fsp3) is 1.00. The topological polar surface area (TPSA) is 46.2 Å². The van der Waals surface area contributed by atoms with Gasteiger partial charge in [-0.15, -0.1) is 0 Å². The van der Waals surface area contributed by atoms with E-state index >= 15 is 0 Å². The van der Waals surface area contributed by atoms with Crippen LogP contribution >= 0.6 is 0 Å². The van der Waals surface area contributed by atoms with Gasteiger partial charge in [0.15, 0.2) is 9.84 Å². The van der Waals surface area contributed by atoms with Gasteiger partial charge in [-0.2, -0.15) is 0 Å². The highest BCUT2D eigenvalue weighted by atomic mass is 32.2. The van der Waals surface area contributed by atoms with Crippen molar-refractivity contribution in [2.45, 2.75) is 45.4 Å². The average Bonchev–Trinajstić information content (AvgIpc) is 1.79. The van der Waals surface area contributed by atoms with Gasteiger partial charge in [-0.05, 0) is 26.7 Å². The van der Waals surface area contributed by atoms with Crippen LogP contribution in [0.25, 0.3) is 0 Å². The first-order valence-corrected chi connectivity index (χ1v) is 6.93. The van der Waals surface area contributed by atoms with Crippen molar-refractivity contribution in [3.05, 3.63) is 0 Å². The molecule has 1 unspecified atom stereocenters. The van der Waals surface area contributed by atoms with Gasteiger partial charge in [0.1, 0.15) is 0 Å². The molecule has 0 aliphatic carbocycles. The Hall–Kier alpha value is -0.0900. The molecule has 0 saturated heterocycles. The first-order chi connectivity index (χ1) is 6.04. The van der Waals surface area contributed by atoms with Crippen molar-refractivity contribution in [1.29, 1.82) is 0 Å². The van der Waals surface area contributed by atoms with E-state index in [4.69, 9.17) is 0 Å². The normalized spacial score (nSPS) is 15.9. The second kappa shape index (κ2) is 4.62. The first kappa shape index (κ1) is 13.9. The standard InChI is InChI=1S/C10H23NO2S/c1-8(2)9(14(6,12)13)7-11-10(3,4)5/h8-9,11H,7H2,1-6H3. The summed E-state index contributed by atoms with van der Waals surface area (Å²) in [6, 6.07) is 0. The van der Waals surface area contributed by atoms with Crippen LogP contribution in [-0.4, -0.2) is 32.0 Å². The molecule has 0 radical (unpaired) electrons. The molecule has 0 aromatic rings. The fourth-order valence-corrected chi connectivity index (χ4v) is 2.66. The molecular formula is C10H23NO2S. The summed E-state index contributed by atoms with van der Waals surface area (Å²) in [5.74, 6) is 0.153. The van der Waals surface area contributed by atoms with Gasteiger partial charge in [0.2, 0.25) is 0 Å². The number of rotatable bonds is 4. The summed E-state index contributed by atoms with van der Waals surface area (Å²) in [6.45, 7) is 10.5. The third-order valence-electron chi connectivity index (χ3n) is 2.13. The highest BCUT2D eigenvalue weighted by molar-refractivity contribution is 7.91. The Morgan fingerprint density at radius 1 is 1.21 bits per heavy atom. The van der Waals surface area contributed by atoms with Crippen molar-refractivity contribution in [1.82, 2.24) is 5.32 Å². The van der Waals surface area contributed by atoms with E-state index in [9.17, 15) is 8.42 Å². The molecule has 0 aliphatic heterocycles. The molecule has 0 rings (SSSR count). The third kappa shape index (κ3) is 5.60. The summed E-state index contributed by atoms with van der Waals surface area (Å²) < 4.78 is 22.9. The minimum Gasteiger partial charge on any atom is -0.311 e. The Morgan fingerprint density at radius 3 is 1.86 bits per heavy atom. The Kier molecular flexibility index (Phi) is 4.59. The fourth-order valence-electron chi connectivity index (χ4n) is 1.29. The third-order valence-corrected chi connectivity index (χ3v) is 3.94. The molecule has 1 atom stereocenters. The van der Waals surface area contributed by atoms with Gasteiger partial charge in [-0.25, -0.2) is 8.42 Å². The van der Waals surface area contributed by atoms with Gasteiger partial charge in [-0.1, -0.05) is 13.8 Å². The summed E-state index contributed by atoms with van der Waals surface area (Å²) in [5.41, 5.74) is -0.0299.